The van der Waals surface area contributed by atoms with Gasteiger partial charge in [-0.3, -0.25) is 4.79 Å². The molecule has 0 saturated heterocycles. The molecular weight excluding hydrogens is 299 g/mol. The summed E-state index contributed by atoms with van der Waals surface area (Å²) < 4.78 is 1.76. The molecule has 108 valence electrons. The molecule has 0 fully saturated rings. The Morgan fingerprint density at radius 2 is 2.05 bits per heavy atom. The minimum atomic E-state index is -0.0266. The van der Waals surface area contributed by atoms with Crippen molar-refractivity contribution in [3.05, 3.63) is 22.2 Å². The molecule has 0 bridgehead atoms. The van der Waals surface area contributed by atoms with Gasteiger partial charge in [0.15, 0.2) is 0 Å². The summed E-state index contributed by atoms with van der Waals surface area (Å²) in [4.78, 5) is 15.9. The molecule has 3 N–H and O–H groups in total. The Kier molecular flexibility index (Phi) is 4.40. The van der Waals surface area contributed by atoms with Crippen molar-refractivity contribution in [2.45, 2.75) is 32.9 Å². The number of rotatable bonds is 4. The van der Waals surface area contributed by atoms with Gasteiger partial charge in [-0.25, -0.2) is 4.98 Å². The zero-order valence-corrected chi connectivity index (χ0v) is 12.8. The number of aryl methyl sites for hydroxylation is 1. The van der Waals surface area contributed by atoms with E-state index in [-0.39, 0.29) is 11.9 Å². The van der Waals surface area contributed by atoms with Gasteiger partial charge in [0.25, 0.3) is 0 Å². The number of hydrogen-bond acceptors (Lipinski definition) is 3. The summed E-state index contributed by atoms with van der Waals surface area (Å²) in [5.74, 6) is 0.317. The zero-order chi connectivity index (χ0) is 14.9. The van der Waals surface area contributed by atoms with Gasteiger partial charge in [0, 0.05) is 19.0 Å². The molecule has 0 unspecified atom stereocenters. The molecule has 0 atom stereocenters. The predicted molar refractivity (Wildman–Crippen MR) is 82.1 cm³/mol. The quantitative estimate of drug-likeness (QED) is 0.911. The Morgan fingerprint density at radius 1 is 1.40 bits per heavy atom. The van der Waals surface area contributed by atoms with E-state index in [1.54, 1.807) is 16.7 Å². The van der Waals surface area contributed by atoms with Gasteiger partial charge >= 0.3 is 0 Å². The number of imidazole rings is 1. The van der Waals surface area contributed by atoms with Crippen molar-refractivity contribution in [2.75, 3.05) is 5.73 Å². The predicted octanol–water partition coefficient (Wildman–Crippen LogP) is 2.84. The molecule has 2 aromatic rings. The molecule has 0 spiro atoms. The van der Waals surface area contributed by atoms with Crippen molar-refractivity contribution in [1.29, 1.82) is 0 Å². The summed E-state index contributed by atoms with van der Waals surface area (Å²) in [5, 5.41) is 3.70. The smallest absolute Gasteiger partial charge is 0.221 e. The molecule has 1 amide bonds. The maximum absolute atomic E-state index is 11.7. The normalized spacial score (nSPS) is 11.2. The average Bonchev–Trinajstić information content (AvgIpc) is 2.62. The van der Waals surface area contributed by atoms with Crippen molar-refractivity contribution >= 4 is 46.1 Å². The zero-order valence-electron chi connectivity index (χ0n) is 11.3. The van der Waals surface area contributed by atoms with E-state index < -0.39 is 0 Å². The van der Waals surface area contributed by atoms with Crippen molar-refractivity contribution in [3.63, 3.8) is 0 Å². The van der Waals surface area contributed by atoms with Crippen LogP contribution < -0.4 is 11.1 Å². The maximum Gasteiger partial charge on any atom is 0.221 e. The Balaban J connectivity index is 2.23. The van der Waals surface area contributed by atoms with Gasteiger partial charge in [0.2, 0.25) is 11.9 Å². The van der Waals surface area contributed by atoms with Crippen LogP contribution in [0.3, 0.4) is 0 Å². The number of carbonyl (C=O) groups is 1. The van der Waals surface area contributed by atoms with Gasteiger partial charge < -0.3 is 15.6 Å². The van der Waals surface area contributed by atoms with Gasteiger partial charge in [0.05, 0.1) is 21.1 Å². The van der Waals surface area contributed by atoms with E-state index in [1.807, 2.05) is 13.8 Å². The fraction of sp³-hybridized carbons (Fsp3) is 0.385. The number of hydrogen-bond donors (Lipinski definition) is 2. The Hall–Kier alpha value is -1.46. The van der Waals surface area contributed by atoms with E-state index in [0.717, 1.165) is 5.52 Å². The number of fused-ring (bicyclic) bond motifs is 1. The van der Waals surface area contributed by atoms with Crippen LogP contribution in [0, 0.1) is 0 Å². The topological polar surface area (TPSA) is 72.9 Å². The monoisotopic (exact) mass is 314 g/mol. The summed E-state index contributed by atoms with van der Waals surface area (Å²) in [6.45, 7) is 4.28. The molecule has 1 aromatic heterocycles. The lowest BCUT2D eigenvalue weighted by atomic mass is 10.3. The molecule has 2 rings (SSSR count). The van der Waals surface area contributed by atoms with Crippen LogP contribution >= 0.6 is 23.2 Å². The first-order valence-electron chi connectivity index (χ1n) is 6.28. The summed E-state index contributed by atoms with van der Waals surface area (Å²) in [7, 11) is 0. The molecule has 7 heteroatoms. The third kappa shape index (κ3) is 3.16. The number of nitrogen functional groups attached to an aromatic ring is 1. The number of amides is 1. The van der Waals surface area contributed by atoms with Gasteiger partial charge in [-0.1, -0.05) is 23.2 Å². The molecule has 5 nitrogen and oxygen atoms in total. The van der Waals surface area contributed by atoms with Gasteiger partial charge in [-0.15, -0.1) is 0 Å². The van der Waals surface area contributed by atoms with Crippen LogP contribution in [-0.2, 0) is 11.3 Å². The largest absolute Gasteiger partial charge is 0.369 e. The first kappa shape index (κ1) is 14.9. The Bertz CT molecular complexity index is 651. The van der Waals surface area contributed by atoms with Crippen molar-refractivity contribution in [1.82, 2.24) is 14.9 Å². The van der Waals surface area contributed by atoms with E-state index in [9.17, 15) is 4.79 Å². The molecule has 1 aromatic carbocycles. The number of aromatic nitrogens is 2. The third-order valence-corrected chi connectivity index (χ3v) is 3.55. The Labute approximate surface area is 127 Å². The minimum absolute atomic E-state index is 0.0266. The van der Waals surface area contributed by atoms with Gasteiger partial charge in [0.1, 0.15) is 0 Å². The van der Waals surface area contributed by atoms with Gasteiger partial charge in [-0.05, 0) is 26.0 Å². The first-order chi connectivity index (χ1) is 9.38. The standard InChI is InChI=1S/C13H16Cl2N4O/c1-7(2)17-12(20)3-4-19-11-6-9(15)8(14)5-10(11)18-13(19)16/h5-7H,3-4H2,1-2H3,(H2,16,18)(H,17,20). The molecule has 1 heterocycles. The summed E-state index contributed by atoms with van der Waals surface area (Å²) in [6.07, 6.45) is 0.327. The highest BCUT2D eigenvalue weighted by molar-refractivity contribution is 6.42. The number of halogens is 2. The van der Waals surface area contributed by atoms with E-state index in [4.69, 9.17) is 28.9 Å². The van der Waals surface area contributed by atoms with Crippen molar-refractivity contribution in [2.24, 2.45) is 0 Å². The van der Waals surface area contributed by atoms with Crippen LogP contribution in [0.4, 0.5) is 5.95 Å². The van der Waals surface area contributed by atoms with Crippen LogP contribution in [0.25, 0.3) is 11.0 Å². The SMILES string of the molecule is CC(C)NC(=O)CCn1c(N)nc2cc(Cl)c(Cl)cc21. The molecule has 0 aliphatic heterocycles. The van der Waals surface area contributed by atoms with Crippen LogP contribution in [0.15, 0.2) is 12.1 Å². The average molecular weight is 315 g/mol. The second kappa shape index (κ2) is 5.89. The lowest BCUT2D eigenvalue weighted by Crippen LogP contribution is -2.30. The number of nitrogens with one attached hydrogen (secondary N) is 1. The number of carbonyl (C=O) groups excluding carboxylic acids is 1. The third-order valence-electron chi connectivity index (χ3n) is 2.83. The fourth-order valence-electron chi connectivity index (χ4n) is 1.98. The summed E-state index contributed by atoms with van der Waals surface area (Å²) >= 11 is 12.0. The molecule has 0 saturated carbocycles. The molecular formula is C13H16Cl2N4O. The van der Waals surface area contributed by atoms with E-state index in [1.165, 1.54) is 0 Å². The molecule has 0 radical (unpaired) electrons. The lowest BCUT2D eigenvalue weighted by Gasteiger charge is -2.10. The number of nitrogens with zero attached hydrogens (tertiary/aromatic N) is 2. The fourth-order valence-corrected chi connectivity index (χ4v) is 2.30. The second-order valence-corrected chi connectivity index (χ2v) is 5.66. The van der Waals surface area contributed by atoms with Crippen LogP contribution in [0.1, 0.15) is 20.3 Å². The highest BCUT2D eigenvalue weighted by Gasteiger charge is 2.12. The van der Waals surface area contributed by atoms with Gasteiger partial charge in [-0.2, -0.15) is 0 Å². The Morgan fingerprint density at radius 3 is 2.70 bits per heavy atom. The van der Waals surface area contributed by atoms with Crippen LogP contribution in [-0.4, -0.2) is 21.5 Å². The lowest BCUT2D eigenvalue weighted by molar-refractivity contribution is -0.121. The van der Waals surface area contributed by atoms with E-state index in [0.29, 0.717) is 34.5 Å². The van der Waals surface area contributed by atoms with E-state index >= 15 is 0 Å². The van der Waals surface area contributed by atoms with E-state index in [2.05, 4.69) is 10.3 Å². The first-order valence-corrected chi connectivity index (χ1v) is 7.04. The summed E-state index contributed by atoms with van der Waals surface area (Å²) in [5.41, 5.74) is 7.32. The molecule has 0 aliphatic carbocycles. The highest BCUT2D eigenvalue weighted by Crippen LogP contribution is 2.29. The number of anilines is 1. The molecule has 0 aliphatic rings. The number of nitrogens with two attached hydrogens (primary N) is 1. The number of benzene rings is 1. The minimum Gasteiger partial charge on any atom is -0.369 e. The van der Waals surface area contributed by atoms with Crippen molar-refractivity contribution < 1.29 is 4.79 Å². The second-order valence-electron chi connectivity index (χ2n) is 4.85. The van der Waals surface area contributed by atoms with Crippen LogP contribution in [0.2, 0.25) is 10.0 Å². The summed E-state index contributed by atoms with van der Waals surface area (Å²) in [6, 6.07) is 3.50. The van der Waals surface area contributed by atoms with Crippen molar-refractivity contribution in [3.8, 4) is 0 Å². The van der Waals surface area contributed by atoms with Crippen LogP contribution in [0.5, 0.6) is 0 Å². The molecule has 20 heavy (non-hydrogen) atoms. The highest BCUT2D eigenvalue weighted by atomic mass is 35.5. The maximum atomic E-state index is 11.7.